The zero-order valence-corrected chi connectivity index (χ0v) is 13.1. The van der Waals surface area contributed by atoms with Crippen LogP contribution >= 0.6 is 27.5 Å². The fourth-order valence-corrected chi connectivity index (χ4v) is 2.18. The molecule has 5 heteroatoms. The van der Waals surface area contributed by atoms with Crippen molar-refractivity contribution in [2.24, 2.45) is 0 Å². The molecule has 0 saturated heterocycles. The molecule has 0 fully saturated rings. The topological polar surface area (TPSA) is 34.1 Å². The Hall–Kier alpha value is -1.52. The van der Waals surface area contributed by atoms with Crippen LogP contribution in [0, 0.1) is 0 Å². The Morgan fingerprint density at radius 3 is 3.00 bits per heavy atom. The molecule has 0 bridgehead atoms. The lowest BCUT2D eigenvalue weighted by Gasteiger charge is -2.12. The highest BCUT2D eigenvalue weighted by molar-refractivity contribution is 9.10. The van der Waals surface area contributed by atoms with E-state index in [4.69, 9.17) is 16.3 Å². The summed E-state index contributed by atoms with van der Waals surface area (Å²) in [5, 5.41) is 3.70. The van der Waals surface area contributed by atoms with Crippen molar-refractivity contribution in [3.63, 3.8) is 0 Å². The van der Waals surface area contributed by atoms with Gasteiger partial charge in [-0.15, -0.1) is 0 Å². The van der Waals surface area contributed by atoms with Crippen LogP contribution in [0.5, 0.6) is 5.75 Å². The molecule has 1 aromatic carbocycles. The summed E-state index contributed by atoms with van der Waals surface area (Å²) in [5.74, 6) is 0.832. The van der Waals surface area contributed by atoms with Crippen molar-refractivity contribution in [3.8, 4) is 5.75 Å². The smallest absolute Gasteiger partial charge is 0.152 e. The lowest BCUT2D eigenvalue weighted by molar-refractivity contribution is 0.359. The van der Waals surface area contributed by atoms with Gasteiger partial charge in [0, 0.05) is 22.8 Å². The van der Waals surface area contributed by atoms with Gasteiger partial charge >= 0.3 is 0 Å². The predicted molar refractivity (Wildman–Crippen MR) is 86.4 cm³/mol. The highest BCUT2D eigenvalue weighted by Gasteiger charge is 2.05. The average Bonchev–Trinajstić information content (AvgIpc) is 2.47. The SMILES string of the molecule is C=CCOc1ccccc1CNc1cc(Br)cnc1Cl. The van der Waals surface area contributed by atoms with Crippen LogP contribution in [0.3, 0.4) is 0 Å². The van der Waals surface area contributed by atoms with E-state index in [1.54, 1.807) is 12.3 Å². The lowest BCUT2D eigenvalue weighted by Crippen LogP contribution is -2.04. The molecule has 2 aromatic rings. The van der Waals surface area contributed by atoms with Crippen LogP contribution in [0.1, 0.15) is 5.56 Å². The molecule has 0 aliphatic rings. The monoisotopic (exact) mass is 352 g/mol. The van der Waals surface area contributed by atoms with Crippen LogP contribution in [0.4, 0.5) is 5.69 Å². The van der Waals surface area contributed by atoms with Gasteiger partial charge in [-0.3, -0.25) is 0 Å². The lowest BCUT2D eigenvalue weighted by atomic mass is 10.2. The molecule has 20 heavy (non-hydrogen) atoms. The molecule has 0 spiro atoms. The summed E-state index contributed by atoms with van der Waals surface area (Å²) in [5.41, 5.74) is 1.82. The molecule has 0 unspecified atom stereocenters. The molecule has 0 aliphatic carbocycles. The van der Waals surface area contributed by atoms with Crippen molar-refractivity contribution in [1.82, 2.24) is 4.98 Å². The van der Waals surface area contributed by atoms with E-state index in [0.29, 0.717) is 18.3 Å². The highest BCUT2D eigenvalue weighted by atomic mass is 79.9. The average molecular weight is 354 g/mol. The van der Waals surface area contributed by atoms with E-state index >= 15 is 0 Å². The highest BCUT2D eigenvalue weighted by Crippen LogP contribution is 2.25. The molecule has 0 amide bonds. The van der Waals surface area contributed by atoms with E-state index < -0.39 is 0 Å². The first-order valence-corrected chi connectivity index (χ1v) is 7.24. The summed E-state index contributed by atoms with van der Waals surface area (Å²) in [4.78, 5) is 4.07. The number of hydrogen-bond acceptors (Lipinski definition) is 3. The van der Waals surface area contributed by atoms with Gasteiger partial charge in [0.2, 0.25) is 0 Å². The number of nitrogens with one attached hydrogen (secondary N) is 1. The van der Waals surface area contributed by atoms with Gasteiger partial charge in [-0.2, -0.15) is 0 Å². The minimum atomic E-state index is 0.442. The first-order chi connectivity index (χ1) is 9.70. The number of ether oxygens (including phenoxy) is 1. The molecule has 3 nitrogen and oxygen atoms in total. The van der Waals surface area contributed by atoms with Gasteiger partial charge in [0.25, 0.3) is 0 Å². The van der Waals surface area contributed by atoms with Crippen molar-refractivity contribution < 1.29 is 4.74 Å². The summed E-state index contributed by atoms with van der Waals surface area (Å²) in [6, 6.07) is 9.74. The van der Waals surface area contributed by atoms with Gasteiger partial charge in [-0.1, -0.05) is 42.5 Å². The fourth-order valence-electron chi connectivity index (χ4n) is 1.68. The summed E-state index contributed by atoms with van der Waals surface area (Å²) >= 11 is 9.42. The molecular weight excluding hydrogens is 340 g/mol. The standard InChI is InChI=1S/C15H14BrClN2O/c1-2-7-20-14-6-4-3-5-11(14)9-18-13-8-12(16)10-19-15(13)17/h2-6,8,10,18H,1,7,9H2. The molecule has 1 heterocycles. The Morgan fingerprint density at radius 1 is 1.40 bits per heavy atom. The number of para-hydroxylation sites is 1. The number of aromatic nitrogens is 1. The number of anilines is 1. The minimum Gasteiger partial charge on any atom is -0.489 e. The second kappa shape index (κ2) is 7.31. The second-order valence-corrected chi connectivity index (χ2v) is 5.33. The van der Waals surface area contributed by atoms with Crippen LogP contribution in [-0.2, 0) is 6.54 Å². The number of rotatable bonds is 6. The largest absolute Gasteiger partial charge is 0.489 e. The van der Waals surface area contributed by atoms with Gasteiger partial charge in [0.05, 0.1) is 5.69 Å². The Balaban J connectivity index is 2.10. The first kappa shape index (κ1) is 14.9. The van der Waals surface area contributed by atoms with Crippen LogP contribution in [-0.4, -0.2) is 11.6 Å². The maximum Gasteiger partial charge on any atom is 0.152 e. The molecule has 2 rings (SSSR count). The van der Waals surface area contributed by atoms with Crippen LogP contribution in [0.15, 0.2) is 53.7 Å². The van der Waals surface area contributed by atoms with Crippen molar-refractivity contribution in [2.45, 2.75) is 6.54 Å². The van der Waals surface area contributed by atoms with E-state index in [-0.39, 0.29) is 0 Å². The zero-order chi connectivity index (χ0) is 14.4. The number of hydrogen-bond donors (Lipinski definition) is 1. The predicted octanol–water partition coefficient (Wildman–Crippen LogP) is 4.67. The quantitative estimate of drug-likeness (QED) is 0.605. The zero-order valence-electron chi connectivity index (χ0n) is 10.8. The summed E-state index contributed by atoms with van der Waals surface area (Å²) in [7, 11) is 0. The maximum absolute atomic E-state index is 6.05. The van der Waals surface area contributed by atoms with Gasteiger partial charge in [-0.05, 0) is 28.1 Å². The minimum absolute atomic E-state index is 0.442. The number of nitrogens with zero attached hydrogens (tertiary/aromatic N) is 1. The van der Waals surface area contributed by atoms with Crippen LogP contribution in [0.2, 0.25) is 5.15 Å². The van der Waals surface area contributed by atoms with Crippen LogP contribution < -0.4 is 10.1 Å². The normalized spacial score (nSPS) is 10.1. The number of halogens is 2. The molecule has 1 aromatic heterocycles. The van der Waals surface area contributed by atoms with Crippen LogP contribution in [0.25, 0.3) is 0 Å². The third kappa shape index (κ3) is 3.99. The summed E-state index contributed by atoms with van der Waals surface area (Å²) < 4.78 is 6.49. The molecule has 0 atom stereocenters. The van der Waals surface area contributed by atoms with Crippen molar-refractivity contribution in [3.05, 3.63) is 64.4 Å². The Bertz CT molecular complexity index is 604. The Morgan fingerprint density at radius 2 is 2.20 bits per heavy atom. The number of pyridine rings is 1. The van der Waals surface area contributed by atoms with Crippen molar-refractivity contribution >= 4 is 33.2 Å². The van der Waals surface area contributed by atoms with Gasteiger partial charge in [-0.25, -0.2) is 4.98 Å². The Kier molecular flexibility index (Phi) is 5.44. The number of benzene rings is 1. The summed E-state index contributed by atoms with van der Waals surface area (Å²) in [6.45, 7) is 4.73. The second-order valence-electron chi connectivity index (χ2n) is 4.05. The third-order valence-corrected chi connectivity index (χ3v) is 3.34. The first-order valence-electron chi connectivity index (χ1n) is 6.07. The fraction of sp³-hybridized carbons (Fsp3) is 0.133. The van der Waals surface area contributed by atoms with E-state index in [9.17, 15) is 0 Å². The van der Waals surface area contributed by atoms with Crippen molar-refractivity contribution in [1.29, 1.82) is 0 Å². The van der Waals surface area contributed by atoms with Gasteiger partial charge in [0.1, 0.15) is 12.4 Å². The molecule has 104 valence electrons. The van der Waals surface area contributed by atoms with Crippen molar-refractivity contribution in [2.75, 3.05) is 11.9 Å². The molecular formula is C15H14BrClN2O. The molecule has 0 radical (unpaired) electrons. The van der Waals surface area contributed by atoms with Gasteiger partial charge < -0.3 is 10.1 Å². The summed E-state index contributed by atoms with van der Waals surface area (Å²) in [6.07, 6.45) is 3.38. The van der Waals surface area contributed by atoms with E-state index in [1.807, 2.05) is 30.3 Å². The Labute approximate surface area is 131 Å². The van der Waals surface area contributed by atoms with E-state index in [2.05, 4.69) is 32.8 Å². The molecule has 1 N–H and O–H groups in total. The molecule has 0 aliphatic heterocycles. The molecule has 0 saturated carbocycles. The van der Waals surface area contributed by atoms with Gasteiger partial charge in [0.15, 0.2) is 5.15 Å². The van der Waals surface area contributed by atoms with E-state index in [0.717, 1.165) is 21.5 Å². The maximum atomic E-state index is 6.05. The third-order valence-electron chi connectivity index (χ3n) is 2.60. The van der Waals surface area contributed by atoms with E-state index in [1.165, 1.54) is 0 Å².